The number of hydrogen-bond acceptors (Lipinski definition) is 0. The van der Waals surface area contributed by atoms with E-state index in [4.69, 9.17) is 8.92 Å². The number of halogens is 4. The second kappa shape index (κ2) is 6.57. The summed E-state index contributed by atoms with van der Waals surface area (Å²) >= 11 is -4.15. The Morgan fingerprint density at radius 3 is 1.13 bits per heavy atom. The molecule has 0 radical (unpaired) electrons. The molecule has 116 valence electrons. The van der Waals surface area contributed by atoms with Crippen LogP contribution in [0.4, 0.5) is 13.2 Å². The van der Waals surface area contributed by atoms with Crippen molar-refractivity contribution in [3.63, 3.8) is 0 Å². The second-order valence-corrected chi connectivity index (χ2v) is 17.7. The van der Waals surface area contributed by atoms with Gasteiger partial charge in [-0.05, 0) is 0 Å². The molecule has 0 amide bonds. The first-order valence-corrected chi connectivity index (χ1v) is 14.9. The summed E-state index contributed by atoms with van der Waals surface area (Å²) in [5.74, 6) is -1.26. The van der Waals surface area contributed by atoms with E-state index in [0.717, 1.165) is 0 Å². The molecule has 0 heterocycles. The molecule has 0 saturated heterocycles. The van der Waals surface area contributed by atoms with E-state index in [1.54, 1.807) is 36.4 Å². The van der Waals surface area contributed by atoms with Crippen molar-refractivity contribution >= 4 is 36.9 Å². The molecule has 3 rings (SSSR count). The van der Waals surface area contributed by atoms with Gasteiger partial charge in [0.25, 0.3) is 0 Å². The molecule has 0 saturated carbocycles. The van der Waals surface area contributed by atoms with Gasteiger partial charge in [0.15, 0.2) is 0 Å². The Morgan fingerprint density at radius 1 is 0.565 bits per heavy atom. The fraction of sp³-hybridized carbons (Fsp3) is 0. The van der Waals surface area contributed by atoms with E-state index in [1.807, 2.05) is 0 Å². The molecule has 3 aromatic rings. The van der Waals surface area contributed by atoms with E-state index in [2.05, 4.69) is 0 Å². The van der Waals surface area contributed by atoms with Gasteiger partial charge in [-0.2, -0.15) is 0 Å². The van der Waals surface area contributed by atoms with E-state index >= 15 is 0 Å². The van der Waals surface area contributed by atoms with E-state index < -0.39 is 34.7 Å². The van der Waals surface area contributed by atoms with E-state index in [9.17, 15) is 13.2 Å². The summed E-state index contributed by atoms with van der Waals surface area (Å²) in [5, 5.41) is 0. The van der Waals surface area contributed by atoms with E-state index in [-0.39, 0.29) is 0 Å². The van der Waals surface area contributed by atoms with Gasteiger partial charge in [-0.3, -0.25) is 0 Å². The number of benzene rings is 3. The second-order valence-electron chi connectivity index (χ2n) is 5.19. The van der Waals surface area contributed by atoms with Crippen LogP contribution in [-0.4, -0.2) is 17.3 Å². The zero-order valence-corrected chi connectivity index (χ0v) is 15.6. The van der Waals surface area contributed by atoms with Gasteiger partial charge >= 0.3 is 140 Å². The summed E-state index contributed by atoms with van der Waals surface area (Å²) in [6, 6.07) is 17.9. The Labute approximate surface area is 140 Å². The molecule has 0 aliphatic heterocycles. The summed E-state index contributed by atoms with van der Waals surface area (Å²) in [4.78, 5) is 0. The van der Waals surface area contributed by atoms with Crippen LogP contribution in [0.15, 0.2) is 72.8 Å². The standard InChI is InChI=1S/3C6H4F.ClH.Sn/c3*7-6-4-2-1-3-5-6;;/h3*1-2,4-5H;1H;/q;;;;+1/p-1. The average Bonchev–Trinajstić information content (AvgIpc) is 2.54. The predicted octanol–water partition coefficient (Wildman–Crippen LogP) is 3.31. The van der Waals surface area contributed by atoms with Crippen molar-refractivity contribution in [1.29, 1.82) is 0 Å². The van der Waals surface area contributed by atoms with Crippen LogP contribution in [0.3, 0.4) is 0 Å². The SMILES string of the molecule is Fc1ccc[c]([Sn]([Cl])([c]2cccc(F)c2)[c]2cccc(F)c2)c1. The summed E-state index contributed by atoms with van der Waals surface area (Å²) in [7, 11) is 7.04. The molecule has 3 aromatic carbocycles. The van der Waals surface area contributed by atoms with Crippen LogP contribution in [0.1, 0.15) is 0 Å². The fourth-order valence-electron chi connectivity index (χ4n) is 2.61. The predicted molar refractivity (Wildman–Crippen MR) is 89.7 cm³/mol. The van der Waals surface area contributed by atoms with Crippen LogP contribution in [0.2, 0.25) is 0 Å². The van der Waals surface area contributed by atoms with Crippen molar-refractivity contribution in [3.8, 4) is 0 Å². The molecule has 0 N–H and O–H groups in total. The Bertz CT molecular complexity index is 740. The number of rotatable bonds is 3. The Morgan fingerprint density at radius 2 is 0.870 bits per heavy atom. The topological polar surface area (TPSA) is 0 Å². The van der Waals surface area contributed by atoms with Gasteiger partial charge < -0.3 is 0 Å². The van der Waals surface area contributed by atoms with Gasteiger partial charge in [0.05, 0.1) is 0 Å². The Hall–Kier alpha value is -1.46. The molecule has 0 bridgehead atoms. The van der Waals surface area contributed by atoms with Crippen LogP contribution < -0.4 is 10.7 Å². The van der Waals surface area contributed by atoms with Crippen LogP contribution in [0.5, 0.6) is 0 Å². The van der Waals surface area contributed by atoms with Crippen molar-refractivity contribution in [1.82, 2.24) is 0 Å². The van der Waals surface area contributed by atoms with E-state index in [1.165, 1.54) is 36.4 Å². The molecule has 23 heavy (non-hydrogen) atoms. The molecule has 0 aromatic heterocycles. The molecule has 0 unspecified atom stereocenters. The molecule has 0 fully saturated rings. The van der Waals surface area contributed by atoms with Gasteiger partial charge in [-0.1, -0.05) is 0 Å². The first-order valence-electron chi connectivity index (χ1n) is 6.97. The average molecular weight is 439 g/mol. The zero-order chi connectivity index (χ0) is 16.4. The van der Waals surface area contributed by atoms with Gasteiger partial charge in [-0.15, -0.1) is 0 Å². The van der Waals surface area contributed by atoms with Crippen molar-refractivity contribution in [3.05, 3.63) is 90.2 Å². The fourth-order valence-corrected chi connectivity index (χ4v) is 13.5. The van der Waals surface area contributed by atoms with E-state index in [0.29, 0.717) is 10.7 Å². The van der Waals surface area contributed by atoms with Gasteiger partial charge in [0.2, 0.25) is 0 Å². The monoisotopic (exact) mass is 440 g/mol. The quantitative estimate of drug-likeness (QED) is 0.550. The first kappa shape index (κ1) is 16.4. The summed E-state index contributed by atoms with van der Waals surface area (Å²) in [6.07, 6.45) is 0. The molecule has 0 aliphatic carbocycles. The van der Waals surface area contributed by atoms with Crippen LogP contribution in [0, 0.1) is 17.5 Å². The molecular formula is C18H12ClF3Sn. The molecular weight excluding hydrogens is 427 g/mol. The number of hydrogen-bond donors (Lipinski definition) is 0. The molecule has 5 heteroatoms. The van der Waals surface area contributed by atoms with Crippen molar-refractivity contribution in [2.75, 3.05) is 0 Å². The first-order chi connectivity index (χ1) is 11.0. The Balaban J connectivity index is 2.29. The van der Waals surface area contributed by atoms with Crippen LogP contribution in [0.25, 0.3) is 0 Å². The molecule has 0 nitrogen and oxygen atoms in total. The van der Waals surface area contributed by atoms with Crippen molar-refractivity contribution in [2.24, 2.45) is 0 Å². The van der Waals surface area contributed by atoms with Gasteiger partial charge in [0, 0.05) is 0 Å². The third-order valence-corrected chi connectivity index (χ3v) is 17.5. The third kappa shape index (κ3) is 3.26. The summed E-state index contributed by atoms with van der Waals surface area (Å²) < 4.78 is 43.0. The van der Waals surface area contributed by atoms with Gasteiger partial charge in [0.1, 0.15) is 0 Å². The molecule has 0 aliphatic rings. The molecule has 0 spiro atoms. The zero-order valence-electron chi connectivity index (χ0n) is 11.9. The maximum atomic E-state index is 13.7. The normalized spacial score (nSPS) is 11.5. The van der Waals surface area contributed by atoms with Gasteiger partial charge in [-0.25, -0.2) is 0 Å². The van der Waals surface area contributed by atoms with Crippen molar-refractivity contribution in [2.45, 2.75) is 0 Å². The third-order valence-electron chi connectivity index (χ3n) is 3.67. The van der Waals surface area contributed by atoms with Crippen molar-refractivity contribution < 1.29 is 13.2 Å². The minimum atomic E-state index is -4.15. The van der Waals surface area contributed by atoms with Crippen LogP contribution in [-0.2, 0) is 0 Å². The summed E-state index contributed by atoms with van der Waals surface area (Å²) in [6.45, 7) is 0. The maximum absolute atomic E-state index is 13.7. The Kier molecular flexibility index (Phi) is 4.69. The summed E-state index contributed by atoms with van der Waals surface area (Å²) in [5.41, 5.74) is 0. The molecule has 0 atom stereocenters. The van der Waals surface area contributed by atoms with Crippen LogP contribution >= 0.6 is 8.92 Å². The minimum absolute atomic E-state index is 0.419.